The van der Waals surface area contributed by atoms with Crippen molar-refractivity contribution in [3.63, 3.8) is 0 Å². The van der Waals surface area contributed by atoms with Gasteiger partial charge < -0.3 is 10.2 Å². The van der Waals surface area contributed by atoms with Gasteiger partial charge in [-0.2, -0.15) is 0 Å². The van der Waals surface area contributed by atoms with Crippen LogP contribution in [0.25, 0.3) is 0 Å². The number of halogens is 1. The third-order valence-corrected chi connectivity index (χ3v) is 2.68. The fourth-order valence-electron chi connectivity index (χ4n) is 1.69. The van der Waals surface area contributed by atoms with Crippen LogP contribution >= 0.6 is 0 Å². The summed E-state index contributed by atoms with van der Waals surface area (Å²) < 4.78 is 11.9. The summed E-state index contributed by atoms with van der Waals surface area (Å²) in [6.07, 6.45) is 0.665. The van der Waals surface area contributed by atoms with Crippen molar-refractivity contribution < 1.29 is 4.39 Å². The first kappa shape index (κ1) is 11.9. The Kier molecular flexibility index (Phi) is 6.07. The summed E-state index contributed by atoms with van der Waals surface area (Å²) >= 11 is 0. The van der Waals surface area contributed by atoms with Crippen LogP contribution in [-0.2, 0) is 0 Å². The van der Waals surface area contributed by atoms with Crippen LogP contribution in [0.1, 0.15) is 6.42 Å². The first-order valence-electron chi connectivity index (χ1n) is 5.50. The van der Waals surface area contributed by atoms with E-state index in [1.54, 1.807) is 0 Å². The molecule has 14 heavy (non-hydrogen) atoms. The van der Waals surface area contributed by atoms with E-state index in [0.29, 0.717) is 6.42 Å². The minimum atomic E-state index is -0.196. The lowest BCUT2D eigenvalue weighted by molar-refractivity contribution is 0.202. The Morgan fingerprint density at radius 1 is 1.29 bits per heavy atom. The molecule has 0 radical (unpaired) electrons. The van der Waals surface area contributed by atoms with Crippen molar-refractivity contribution in [2.24, 2.45) is 0 Å². The zero-order valence-electron chi connectivity index (χ0n) is 9.14. The molecule has 0 saturated carbocycles. The van der Waals surface area contributed by atoms with Gasteiger partial charge in [0.1, 0.15) is 0 Å². The Bertz CT molecular complexity index is 137. The zero-order valence-corrected chi connectivity index (χ0v) is 9.14. The molecular formula is C10H22FN3. The lowest BCUT2D eigenvalue weighted by atomic mass is 10.3. The fourth-order valence-corrected chi connectivity index (χ4v) is 1.69. The number of likely N-dealkylation sites (N-methyl/N-ethyl adjacent to an activating group) is 1. The second-order valence-electron chi connectivity index (χ2n) is 3.94. The molecular weight excluding hydrogens is 181 g/mol. The molecule has 4 heteroatoms. The summed E-state index contributed by atoms with van der Waals surface area (Å²) in [5, 5.41) is 3.33. The van der Waals surface area contributed by atoms with E-state index in [-0.39, 0.29) is 6.67 Å². The van der Waals surface area contributed by atoms with Gasteiger partial charge in [-0.15, -0.1) is 0 Å². The molecule has 1 aliphatic heterocycles. The summed E-state index contributed by atoms with van der Waals surface area (Å²) in [4.78, 5) is 4.67. The highest BCUT2D eigenvalue weighted by Gasteiger charge is 2.09. The number of nitrogens with one attached hydrogen (secondary N) is 1. The topological polar surface area (TPSA) is 18.5 Å². The average molecular weight is 203 g/mol. The average Bonchev–Trinajstić information content (AvgIpc) is 2.25. The second-order valence-corrected chi connectivity index (χ2v) is 3.94. The standard InChI is InChI=1S/C10H22FN3/c1-13(6-2-3-11)9-10-14-7-4-12-5-8-14/h12H,2-10H2,1H3. The maximum atomic E-state index is 11.9. The van der Waals surface area contributed by atoms with E-state index < -0.39 is 0 Å². The van der Waals surface area contributed by atoms with Crippen molar-refractivity contribution in [3.05, 3.63) is 0 Å². The summed E-state index contributed by atoms with van der Waals surface area (Å²) in [6, 6.07) is 0. The zero-order chi connectivity index (χ0) is 10.2. The summed E-state index contributed by atoms with van der Waals surface area (Å²) in [6.45, 7) is 7.36. The first-order valence-corrected chi connectivity index (χ1v) is 5.50. The first-order chi connectivity index (χ1) is 6.83. The van der Waals surface area contributed by atoms with Gasteiger partial charge in [-0.3, -0.25) is 9.29 Å². The highest BCUT2D eigenvalue weighted by atomic mass is 19.1. The van der Waals surface area contributed by atoms with Crippen molar-refractivity contribution in [3.8, 4) is 0 Å². The SMILES string of the molecule is CN(CCCF)CCN1CCNCC1. The van der Waals surface area contributed by atoms with Gasteiger partial charge in [0.15, 0.2) is 0 Å². The molecule has 0 amide bonds. The van der Waals surface area contributed by atoms with Gasteiger partial charge in [0, 0.05) is 45.8 Å². The van der Waals surface area contributed by atoms with Gasteiger partial charge >= 0.3 is 0 Å². The van der Waals surface area contributed by atoms with Crippen LogP contribution in [0.4, 0.5) is 4.39 Å². The molecule has 0 bridgehead atoms. The highest BCUT2D eigenvalue weighted by Crippen LogP contribution is 1.94. The molecule has 0 aliphatic carbocycles. The third kappa shape index (κ3) is 4.88. The van der Waals surface area contributed by atoms with Crippen molar-refractivity contribution in [1.29, 1.82) is 0 Å². The Balaban J connectivity index is 2.00. The molecule has 0 unspecified atom stereocenters. The van der Waals surface area contributed by atoms with Gasteiger partial charge in [0.25, 0.3) is 0 Å². The van der Waals surface area contributed by atoms with E-state index in [4.69, 9.17) is 0 Å². The number of nitrogens with zero attached hydrogens (tertiary/aromatic N) is 2. The fraction of sp³-hybridized carbons (Fsp3) is 1.00. The van der Waals surface area contributed by atoms with Crippen LogP contribution in [0.15, 0.2) is 0 Å². The molecule has 1 heterocycles. The Labute approximate surface area is 86.3 Å². The number of alkyl halides is 1. The van der Waals surface area contributed by atoms with E-state index in [9.17, 15) is 4.39 Å². The van der Waals surface area contributed by atoms with E-state index in [1.165, 1.54) is 0 Å². The maximum Gasteiger partial charge on any atom is 0.0906 e. The highest BCUT2D eigenvalue weighted by molar-refractivity contribution is 4.68. The van der Waals surface area contributed by atoms with Crippen LogP contribution in [-0.4, -0.2) is 69.3 Å². The van der Waals surface area contributed by atoms with Crippen molar-refractivity contribution in [1.82, 2.24) is 15.1 Å². The van der Waals surface area contributed by atoms with E-state index in [1.807, 2.05) is 0 Å². The van der Waals surface area contributed by atoms with Gasteiger partial charge in [0.05, 0.1) is 6.67 Å². The maximum absolute atomic E-state index is 11.9. The molecule has 1 N–H and O–H groups in total. The van der Waals surface area contributed by atoms with Crippen LogP contribution in [0.5, 0.6) is 0 Å². The van der Waals surface area contributed by atoms with E-state index >= 15 is 0 Å². The van der Waals surface area contributed by atoms with Crippen molar-refractivity contribution in [2.75, 3.05) is 59.5 Å². The van der Waals surface area contributed by atoms with Gasteiger partial charge in [-0.05, 0) is 13.5 Å². The molecule has 1 aliphatic rings. The summed E-state index contributed by atoms with van der Waals surface area (Å²) in [7, 11) is 2.07. The van der Waals surface area contributed by atoms with Crippen LogP contribution in [0.2, 0.25) is 0 Å². The quantitative estimate of drug-likeness (QED) is 0.664. The van der Waals surface area contributed by atoms with Crippen molar-refractivity contribution in [2.45, 2.75) is 6.42 Å². The lowest BCUT2D eigenvalue weighted by Gasteiger charge is -2.29. The number of piperazine rings is 1. The predicted molar refractivity (Wildman–Crippen MR) is 57.4 cm³/mol. The number of hydrogen-bond acceptors (Lipinski definition) is 3. The van der Waals surface area contributed by atoms with Crippen molar-refractivity contribution >= 4 is 0 Å². The molecule has 1 rings (SSSR count). The molecule has 1 fully saturated rings. The molecule has 0 aromatic carbocycles. The minimum absolute atomic E-state index is 0.196. The van der Waals surface area contributed by atoms with Gasteiger partial charge in [0.2, 0.25) is 0 Å². The molecule has 0 aromatic heterocycles. The Hall–Kier alpha value is -0.190. The van der Waals surface area contributed by atoms with E-state index in [0.717, 1.165) is 45.8 Å². The number of rotatable bonds is 6. The largest absolute Gasteiger partial charge is 0.314 e. The van der Waals surface area contributed by atoms with Gasteiger partial charge in [-0.1, -0.05) is 0 Å². The molecule has 0 aromatic rings. The lowest BCUT2D eigenvalue weighted by Crippen LogP contribution is -2.46. The summed E-state index contributed by atoms with van der Waals surface area (Å²) in [5.74, 6) is 0. The predicted octanol–water partition coefficient (Wildman–Crippen LogP) is 0.183. The van der Waals surface area contributed by atoms with Crippen LogP contribution < -0.4 is 5.32 Å². The minimum Gasteiger partial charge on any atom is -0.314 e. The molecule has 3 nitrogen and oxygen atoms in total. The molecule has 0 spiro atoms. The van der Waals surface area contributed by atoms with Crippen LogP contribution in [0, 0.1) is 0 Å². The summed E-state index contributed by atoms with van der Waals surface area (Å²) in [5.41, 5.74) is 0. The van der Waals surface area contributed by atoms with E-state index in [2.05, 4.69) is 22.2 Å². The number of hydrogen-bond donors (Lipinski definition) is 1. The van der Waals surface area contributed by atoms with Gasteiger partial charge in [-0.25, -0.2) is 0 Å². The Morgan fingerprint density at radius 2 is 2.00 bits per heavy atom. The third-order valence-electron chi connectivity index (χ3n) is 2.68. The molecule has 1 saturated heterocycles. The Morgan fingerprint density at radius 3 is 2.64 bits per heavy atom. The molecule has 0 atom stereocenters. The molecule has 84 valence electrons. The normalized spacial score (nSPS) is 19.1. The second kappa shape index (κ2) is 7.15. The smallest absolute Gasteiger partial charge is 0.0906 e. The monoisotopic (exact) mass is 203 g/mol. The van der Waals surface area contributed by atoms with Crippen LogP contribution in [0.3, 0.4) is 0 Å².